The van der Waals surface area contributed by atoms with Crippen LogP contribution in [-0.4, -0.2) is 19.3 Å². The molecule has 0 bridgehead atoms. The second kappa shape index (κ2) is 11.0. The van der Waals surface area contributed by atoms with E-state index in [1.165, 1.54) is 26.4 Å². The third-order valence-electron chi connectivity index (χ3n) is 3.43. The van der Waals surface area contributed by atoms with Crippen molar-refractivity contribution in [2.45, 2.75) is 0 Å². The Morgan fingerprint density at radius 3 is 2.23 bits per heavy atom. The summed E-state index contributed by atoms with van der Waals surface area (Å²) in [6.45, 7) is 0. The average Bonchev–Trinajstić information content (AvgIpc) is 3.34. The molecule has 5 heteroatoms. The molecule has 2 aromatic carbocycles. The molecule has 3 rings (SSSR count). The van der Waals surface area contributed by atoms with Crippen molar-refractivity contribution in [3.05, 3.63) is 90.1 Å². The number of hydrogen-bond acceptors (Lipinski definition) is 4. The molecule has 0 saturated carbocycles. The van der Waals surface area contributed by atoms with Gasteiger partial charge in [0.15, 0.2) is 0 Å². The maximum Gasteiger partial charge on any atom is 2.00 e. The van der Waals surface area contributed by atoms with Crippen LogP contribution in [0.3, 0.4) is 0 Å². The molecule has 0 spiro atoms. The summed E-state index contributed by atoms with van der Waals surface area (Å²) in [5.74, 6) is 0.205. The first-order valence-corrected chi connectivity index (χ1v) is 7.71. The molecule has 0 atom stereocenters. The van der Waals surface area contributed by atoms with Crippen molar-refractivity contribution in [2.75, 3.05) is 14.2 Å². The van der Waals surface area contributed by atoms with Gasteiger partial charge in [-0.2, -0.15) is 18.2 Å². The first-order chi connectivity index (χ1) is 12.2. The zero-order valence-electron chi connectivity index (χ0n) is 14.5. The molecule has 0 heterocycles. The number of allylic oxidation sites excluding steroid dienone is 7. The summed E-state index contributed by atoms with van der Waals surface area (Å²) in [7, 11) is 2.91. The van der Waals surface area contributed by atoms with E-state index in [4.69, 9.17) is 9.47 Å². The molecule has 0 amide bonds. The van der Waals surface area contributed by atoms with Crippen molar-refractivity contribution in [2.24, 2.45) is 0 Å². The average molecular weight is 392 g/mol. The molecule has 0 unspecified atom stereocenters. The van der Waals surface area contributed by atoms with Crippen LogP contribution in [0.2, 0.25) is 0 Å². The SMILES string of the molecule is COc1cc(O)c(C([O-])=CC=C2C=CC=C2)c(OC)c1.[Fe+2].c1cc[cH-]c1. The van der Waals surface area contributed by atoms with E-state index in [1.807, 2.05) is 54.6 Å². The molecular weight excluding hydrogens is 372 g/mol. The van der Waals surface area contributed by atoms with Gasteiger partial charge in [0.2, 0.25) is 0 Å². The second-order valence-corrected chi connectivity index (χ2v) is 5.10. The smallest absolute Gasteiger partial charge is 0.872 e. The van der Waals surface area contributed by atoms with Crippen LogP contribution >= 0.6 is 0 Å². The van der Waals surface area contributed by atoms with Gasteiger partial charge in [0.1, 0.15) is 17.2 Å². The van der Waals surface area contributed by atoms with Crippen LogP contribution in [0.4, 0.5) is 0 Å². The summed E-state index contributed by atoms with van der Waals surface area (Å²) in [6.07, 6.45) is 10.6. The zero-order chi connectivity index (χ0) is 18.1. The summed E-state index contributed by atoms with van der Waals surface area (Å²) in [5.41, 5.74) is 1.04. The molecule has 1 aliphatic rings. The zero-order valence-corrected chi connectivity index (χ0v) is 15.6. The molecule has 0 radical (unpaired) electrons. The number of methoxy groups -OCH3 is 2. The van der Waals surface area contributed by atoms with Crippen molar-refractivity contribution in [3.63, 3.8) is 0 Å². The Bertz CT molecular complexity index is 768. The van der Waals surface area contributed by atoms with Gasteiger partial charge in [0.25, 0.3) is 0 Å². The predicted octanol–water partition coefficient (Wildman–Crippen LogP) is 3.57. The number of rotatable bonds is 4. The Balaban J connectivity index is 0.000000486. The maximum absolute atomic E-state index is 12.2. The third kappa shape index (κ3) is 5.96. The van der Waals surface area contributed by atoms with E-state index in [9.17, 15) is 10.2 Å². The number of phenolic OH excluding ortho intramolecular Hbond substituents is 1. The maximum atomic E-state index is 12.2. The van der Waals surface area contributed by atoms with Crippen molar-refractivity contribution >= 4 is 5.76 Å². The van der Waals surface area contributed by atoms with E-state index in [2.05, 4.69) is 0 Å². The first kappa shape index (κ1) is 21.3. The predicted molar refractivity (Wildman–Crippen MR) is 97.6 cm³/mol. The number of hydrogen-bond donors (Lipinski definition) is 1. The fourth-order valence-corrected chi connectivity index (χ4v) is 2.18. The molecule has 0 saturated heterocycles. The molecule has 26 heavy (non-hydrogen) atoms. The molecule has 136 valence electrons. The minimum atomic E-state index is -0.330. The van der Waals surface area contributed by atoms with Crippen LogP contribution < -0.4 is 14.6 Å². The molecule has 0 fully saturated rings. The van der Waals surface area contributed by atoms with Crippen molar-refractivity contribution in [3.8, 4) is 17.2 Å². The van der Waals surface area contributed by atoms with Crippen LogP contribution in [0.1, 0.15) is 5.56 Å². The van der Waals surface area contributed by atoms with Gasteiger partial charge in [0.05, 0.1) is 19.8 Å². The van der Waals surface area contributed by atoms with Gasteiger partial charge >= 0.3 is 17.1 Å². The molecule has 4 nitrogen and oxygen atoms in total. The number of ether oxygens (including phenoxy) is 2. The Morgan fingerprint density at radius 2 is 1.73 bits per heavy atom. The summed E-state index contributed by atoms with van der Waals surface area (Å²) in [6, 6.07) is 12.9. The van der Waals surface area contributed by atoms with E-state index < -0.39 is 0 Å². The van der Waals surface area contributed by atoms with E-state index in [0.29, 0.717) is 5.75 Å². The van der Waals surface area contributed by atoms with Gasteiger partial charge in [-0.15, -0.1) is 0 Å². The van der Waals surface area contributed by atoms with Crippen LogP contribution in [0.15, 0.2) is 84.5 Å². The van der Waals surface area contributed by atoms with E-state index in [1.54, 1.807) is 12.1 Å². The van der Waals surface area contributed by atoms with E-state index >= 15 is 0 Å². The monoisotopic (exact) mass is 392 g/mol. The summed E-state index contributed by atoms with van der Waals surface area (Å²) >= 11 is 0. The van der Waals surface area contributed by atoms with E-state index in [-0.39, 0.29) is 39.9 Å². The number of aromatic hydroxyl groups is 1. The van der Waals surface area contributed by atoms with Gasteiger partial charge in [0, 0.05) is 12.1 Å². The molecule has 1 N–H and O–H groups in total. The van der Waals surface area contributed by atoms with Crippen LogP contribution in [0, 0.1) is 0 Å². The minimum Gasteiger partial charge on any atom is -0.872 e. The molecular formula is C21H20FeO4. The van der Waals surface area contributed by atoms with Crippen molar-refractivity contribution in [1.29, 1.82) is 0 Å². The topological polar surface area (TPSA) is 61.8 Å². The van der Waals surface area contributed by atoms with Crippen molar-refractivity contribution in [1.82, 2.24) is 0 Å². The summed E-state index contributed by atoms with van der Waals surface area (Å²) < 4.78 is 10.2. The standard InChI is InChI=1S/C16H16O4.C5H5.Fe/c1-19-12-9-14(18)16(15(10-12)20-2)13(17)8-7-11-5-3-4-6-11;1-2-4-5-3-1;/h3-10,17-18H,1-2H3;1-5H;/q;-1;+2/p-1. The quantitative estimate of drug-likeness (QED) is 0.491. The Kier molecular flexibility index (Phi) is 8.99. The van der Waals surface area contributed by atoms with Gasteiger partial charge in [-0.25, -0.2) is 12.1 Å². The fourth-order valence-electron chi connectivity index (χ4n) is 2.18. The first-order valence-electron chi connectivity index (χ1n) is 7.71. The van der Waals surface area contributed by atoms with E-state index in [0.717, 1.165) is 5.57 Å². The normalized spacial score (nSPS) is 12.1. The van der Waals surface area contributed by atoms with Gasteiger partial charge in [-0.3, -0.25) is 0 Å². The number of benzene rings is 1. The molecule has 0 aliphatic heterocycles. The fraction of sp³-hybridized carbons (Fsp3) is 0.0952. The Labute approximate surface area is 164 Å². The van der Waals surface area contributed by atoms with Gasteiger partial charge in [-0.1, -0.05) is 42.2 Å². The molecule has 2 aromatic rings. The minimum absolute atomic E-state index is 0. The Hall–Kier alpha value is -2.75. The largest absolute Gasteiger partial charge is 2.00 e. The summed E-state index contributed by atoms with van der Waals surface area (Å²) in [4.78, 5) is 0. The summed E-state index contributed by atoms with van der Waals surface area (Å²) in [5, 5.41) is 22.1. The molecule has 1 aliphatic carbocycles. The second-order valence-electron chi connectivity index (χ2n) is 5.10. The van der Waals surface area contributed by atoms with Crippen LogP contribution in [-0.2, 0) is 17.1 Å². The van der Waals surface area contributed by atoms with Crippen LogP contribution in [0.5, 0.6) is 17.2 Å². The Morgan fingerprint density at radius 1 is 1.08 bits per heavy atom. The number of phenols is 1. The third-order valence-corrected chi connectivity index (χ3v) is 3.43. The van der Waals surface area contributed by atoms with Crippen LogP contribution in [0.25, 0.3) is 5.76 Å². The van der Waals surface area contributed by atoms with Gasteiger partial charge < -0.3 is 19.7 Å². The van der Waals surface area contributed by atoms with Gasteiger partial charge in [-0.05, 0) is 5.57 Å². The molecule has 0 aromatic heterocycles. The van der Waals surface area contributed by atoms with Crippen molar-refractivity contribution < 1.29 is 36.8 Å².